The summed E-state index contributed by atoms with van der Waals surface area (Å²) in [5, 5.41) is 4.45. The lowest BCUT2D eigenvalue weighted by Crippen LogP contribution is -2.01. The molecule has 0 N–H and O–H groups in total. The third-order valence-corrected chi connectivity index (χ3v) is 3.62. The van der Waals surface area contributed by atoms with Crippen molar-refractivity contribution in [3.63, 3.8) is 0 Å². The summed E-state index contributed by atoms with van der Waals surface area (Å²) in [6.07, 6.45) is 3.69. The highest BCUT2D eigenvalue weighted by Crippen LogP contribution is 2.23. The predicted octanol–water partition coefficient (Wildman–Crippen LogP) is 4.06. The first-order valence-electron chi connectivity index (χ1n) is 6.93. The zero-order valence-corrected chi connectivity index (χ0v) is 12.0. The van der Waals surface area contributed by atoms with Crippen molar-refractivity contribution in [3.05, 3.63) is 54.2 Å². The average Bonchev–Trinajstić information content (AvgIpc) is 2.90. The largest absolute Gasteiger partial charge is 0.296 e. The highest BCUT2D eigenvalue weighted by atomic mass is 16.1. The number of allylic oxidation sites excluding steroid dienone is 1. The van der Waals surface area contributed by atoms with E-state index in [1.165, 1.54) is 5.56 Å². The fourth-order valence-electron chi connectivity index (χ4n) is 2.15. The van der Waals surface area contributed by atoms with Crippen LogP contribution < -0.4 is 0 Å². The number of aromatic nitrogens is 2. The van der Waals surface area contributed by atoms with Gasteiger partial charge in [0.15, 0.2) is 6.29 Å². The van der Waals surface area contributed by atoms with Gasteiger partial charge in [0.2, 0.25) is 0 Å². The zero-order chi connectivity index (χ0) is 14.5. The monoisotopic (exact) mass is 268 g/mol. The minimum absolute atomic E-state index is 0.541. The first-order chi connectivity index (χ1) is 9.69. The van der Waals surface area contributed by atoms with Gasteiger partial charge in [0.05, 0.1) is 12.2 Å². The first kappa shape index (κ1) is 14.3. The molecular weight excluding hydrogens is 248 g/mol. The molecule has 20 heavy (non-hydrogen) atoms. The van der Waals surface area contributed by atoms with Gasteiger partial charge in [0, 0.05) is 5.56 Å². The Morgan fingerprint density at radius 3 is 2.60 bits per heavy atom. The second kappa shape index (κ2) is 6.33. The van der Waals surface area contributed by atoms with Crippen molar-refractivity contribution in [2.45, 2.75) is 32.7 Å². The summed E-state index contributed by atoms with van der Waals surface area (Å²) < 4.78 is 1.66. The number of aldehydes is 1. The molecule has 0 aliphatic rings. The van der Waals surface area contributed by atoms with Gasteiger partial charge in [-0.05, 0) is 24.0 Å². The van der Waals surface area contributed by atoms with E-state index in [1.54, 1.807) is 10.8 Å². The highest BCUT2D eigenvalue weighted by molar-refractivity contribution is 5.75. The standard InChI is InChI=1S/C17H20N2O/c1-4-10-19-16(12-20)11-17(18-19)15-8-6-14(7-9-15)13(3)5-2/h4,6-9,11-13H,1,5,10H2,2-3H3. The SMILES string of the molecule is C=CCn1nc(-c2ccc(C(C)CC)cc2)cc1C=O. The highest BCUT2D eigenvalue weighted by Gasteiger charge is 2.09. The Balaban J connectivity index is 2.31. The van der Waals surface area contributed by atoms with Crippen LogP contribution in [0.4, 0.5) is 0 Å². The molecule has 104 valence electrons. The van der Waals surface area contributed by atoms with Crippen molar-refractivity contribution in [2.75, 3.05) is 0 Å². The van der Waals surface area contributed by atoms with Crippen LogP contribution in [0.3, 0.4) is 0 Å². The van der Waals surface area contributed by atoms with Gasteiger partial charge in [0.25, 0.3) is 0 Å². The van der Waals surface area contributed by atoms with Crippen molar-refractivity contribution < 1.29 is 4.79 Å². The maximum Gasteiger partial charge on any atom is 0.168 e. The third-order valence-electron chi connectivity index (χ3n) is 3.62. The number of hydrogen-bond donors (Lipinski definition) is 0. The van der Waals surface area contributed by atoms with Gasteiger partial charge in [0.1, 0.15) is 5.69 Å². The Hall–Kier alpha value is -2.16. The summed E-state index contributed by atoms with van der Waals surface area (Å²) >= 11 is 0. The Kier molecular flexibility index (Phi) is 4.51. The van der Waals surface area contributed by atoms with Crippen LogP contribution in [0.1, 0.15) is 42.2 Å². The van der Waals surface area contributed by atoms with E-state index in [0.717, 1.165) is 24.0 Å². The molecule has 3 nitrogen and oxygen atoms in total. The fraction of sp³-hybridized carbons (Fsp3) is 0.294. The predicted molar refractivity (Wildman–Crippen MR) is 82.0 cm³/mol. The van der Waals surface area contributed by atoms with E-state index in [1.807, 2.05) is 6.07 Å². The molecule has 1 unspecified atom stereocenters. The molecule has 0 fully saturated rings. The molecular formula is C17H20N2O. The minimum Gasteiger partial charge on any atom is -0.296 e. The lowest BCUT2D eigenvalue weighted by atomic mass is 9.97. The van der Waals surface area contributed by atoms with Gasteiger partial charge in [-0.15, -0.1) is 6.58 Å². The van der Waals surface area contributed by atoms with Crippen LogP contribution in [0.15, 0.2) is 43.0 Å². The van der Waals surface area contributed by atoms with E-state index in [0.29, 0.717) is 18.2 Å². The van der Waals surface area contributed by atoms with Crippen LogP contribution in [0.5, 0.6) is 0 Å². The molecule has 0 aliphatic carbocycles. The molecule has 1 aromatic carbocycles. The molecule has 2 rings (SSSR count). The van der Waals surface area contributed by atoms with Crippen LogP contribution in [-0.4, -0.2) is 16.1 Å². The summed E-state index contributed by atoms with van der Waals surface area (Å²) in [6, 6.07) is 10.2. The van der Waals surface area contributed by atoms with E-state index in [2.05, 4.69) is 49.8 Å². The van der Waals surface area contributed by atoms with Gasteiger partial charge in [-0.3, -0.25) is 9.48 Å². The van der Waals surface area contributed by atoms with Crippen molar-refractivity contribution in [2.24, 2.45) is 0 Å². The summed E-state index contributed by atoms with van der Waals surface area (Å²) in [4.78, 5) is 11.0. The summed E-state index contributed by atoms with van der Waals surface area (Å²) in [6.45, 7) is 8.62. The van der Waals surface area contributed by atoms with E-state index in [9.17, 15) is 4.79 Å². The first-order valence-corrected chi connectivity index (χ1v) is 6.93. The molecule has 0 amide bonds. The van der Waals surface area contributed by atoms with Crippen molar-refractivity contribution in [1.29, 1.82) is 0 Å². The summed E-state index contributed by atoms with van der Waals surface area (Å²) in [5.41, 5.74) is 3.76. The van der Waals surface area contributed by atoms with Gasteiger partial charge < -0.3 is 0 Å². The molecule has 1 heterocycles. The van der Waals surface area contributed by atoms with Crippen LogP contribution >= 0.6 is 0 Å². The summed E-state index contributed by atoms with van der Waals surface area (Å²) in [5.74, 6) is 0.563. The molecule has 0 spiro atoms. The van der Waals surface area contributed by atoms with Crippen molar-refractivity contribution >= 4 is 6.29 Å². The van der Waals surface area contributed by atoms with Gasteiger partial charge in [-0.2, -0.15) is 5.10 Å². The molecule has 3 heteroatoms. The maximum absolute atomic E-state index is 11.0. The number of rotatable bonds is 6. The number of hydrogen-bond acceptors (Lipinski definition) is 2. The van der Waals surface area contributed by atoms with Crippen LogP contribution in [0.25, 0.3) is 11.3 Å². The lowest BCUT2D eigenvalue weighted by Gasteiger charge is -2.08. The van der Waals surface area contributed by atoms with Crippen LogP contribution in [0, 0.1) is 0 Å². The molecule has 0 aliphatic heterocycles. The number of nitrogens with zero attached hydrogens (tertiary/aromatic N) is 2. The zero-order valence-electron chi connectivity index (χ0n) is 12.0. The summed E-state index contributed by atoms with van der Waals surface area (Å²) in [7, 11) is 0. The number of carbonyl (C=O) groups excluding carboxylic acids is 1. The molecule has 2 aromatic rings. The smallest absolute Gasteiger partial charge is 0.168 e. The Morgan fingerprint density at radius 1 is 1.35 bits per heavy atom. The van der Waals surface area contributed by atoms with Crippen LogP contribution in [0.2, 0.25) is 0 Å². The van der Waals surface area contributed by atoms with Gasteiger partial charge in [-0.1, -0.05) is 44.2 Å². The quantitative estimate of drug-likeness (QED) is 0.585. The van der Waals surface area contributed by atoms with Gasteiger partial charge in [-0.25, -0.2) is 0 Å². The van der Waals surface area contributed by atoms with E-state index < -0.39 is 0 Å². The number of carbonyl (C=O) groups is 1. The van der Waals surface area contributed by atoms with E-state index >= 15 is 0 Å². The molecule has 0 saturated heterocycles. The fourth-order valence-corrected chi connectivity index (χ4v) is 2.15. The Bertz CT molecular complexity index is 596. The van der Waals surface area contributed by atoms with Gasteiger partial charge >= 0.3 is 0 Å². The third kappa shape index (κ3) is 2.87. The molecule has 1 atom stereocenters. The van der Waals surface area contributed by atoms with Crippen LogP contribution in [-0.2, 0) is 6.54 Å². The Morgan fingerprint density at radius 2 is 2.05 bits per heavy atom. The lowest BCUT2D eigenvalue weighted by molar-refractivity contribution is 0.111. The minimum atomic E-state index is 0.541. The van der Waals surface area contributed by atoms with Crippen molar-refractivity contribution in [1.82, 2.24) is 9.78 Å². The Labute approximate surface area is 119 Å². The second-order valence-corrected chi connectivity index (χ2v) is 4.97. The molecule has 0 saturated carbocycles. The maximum atomic E-state index is 11.0. The topological polar surface area (TPSA) is 34.9 Å². The normalized spacial score (nSPS) is 12.1. The molecule has 1 aromatic heterocycles. The van der Waals surface area contributed by atoms with Crippen molar-refractivity contribution in [3.8, 4) is 11.3 Å². The molecule has 0 bridgehead atoms. The number of benzene rings is 1. The average molecular weight is 268 g/mol. The second-order valence-electron chi connectivity index (χ2n) is 4.97. The van der Waals surface area contributed by atoms with E-state index in [4.69, 9.17) is 0 Å². The van der Waals surface area contributed by atoms with E-state index in [-0.39, 0.29) is 0 Å². The molecule has 0 radical (unpaired) electrons.